The van der Waals surface area contributed by atoms with Crippen molar-refractivity contribution in [1.29, 1.82) is 0 Å². The van der Waals surface area contributed by atoms with Crippen molar-refractivity contribution < 1.29 is 9.47 Å². The highest BCUT2D eigenvalue weighted by Gasteiger charge is 2.25. The summed E-state index contributed by atoms with van der Waals surface area (Å²) in [7, 11) is 3.84. The fraction of sp³-hybridized carbons (Fsp3) is 0.519. The van der Waals surface area contributed by atoms with Crippen LogP contribution in [0, 0.1) is 0 Å². The van der Waals surface area contributed by atoms with E-state index in [1.165, 1.54) is 18.4 Å². The Kier molecular flexibility index (Phi) is 8.46. The van der Waals surface area contributed by atoms with Gasteiger partial charge in [0.15, 0.2) is 16.6 Å². The lowest BCUT2D eigenvalue weighted by molar-refractivity contribution is 0.161. The van der Waals surface area contributed by atoms with Gasteiger partial charge in [-0.1, -0.05) is 24.3 Å². The van der Waals surface area contributed by atoms with Crippen LogP contribution in [0.3, 0.4) is 0 Å². The predicted octanol–water partition coefficient (Wildman–Crippen LogP) is 5.52. The van der Waals surface area contributed by atoms with E-state index in [1.807, 2.05) is 30.3 Å². The van der Waals surface area contributed by atoms with Gasteiger partial charge in [0.05, 0.1) is 13.7 Å². The highest BCUT2D eigenvalue weighted by molar-refractivity contribution is 7.80. The number of rotatable bonds is 10. The van der Waals surface area contributed by atoms with Gasteiger partial charge in [0, 0.05) is 31.9 Å². The van der Waals surface area contributed by atoms with Crippen LogP contribution in [-0.2, 0) is 0 Å². The van der Waals surface area contributed by atoms with Gasteiger partial charge in [-0.25, -0.2) is 0 Å². The van der Waals surface area contributed by atoms with Gasteiger partial charge in [-0.3, -0.25) is 0 Å². The van der Waals surface area contributed by atoms with Crippen LogP contribution in [-0.4, -0.2) is 61.4 Å². The van der Waals surface area contributed by atoms with Crippen molar-refractivity contribution in [3.05, 3.63) is 54.1 Å². The van der Waals surface area contributed by atoms with E-state index in [0.717, 1.165) is 80.1 Å². The SMILES string of the molecule is COc1cc(C2CC2)ccc1OCCCCN1CCC(N(C)C(=S)Nc2ccccc2)CC1. The van der Waals surface area contributed by atoms with Crippen LogP contribution in [0.1, 0.15) is 50.0 Å². The number of piperidine rings is 1. The lowest BCUT2D eigenvalue weighted by atomic mass is 10.0. The second-order valence-electron chi connectivity index (χ2n) is 9.22. The van der Waals surface area contributed by atoms with Gasteiger partial charge >= 0.3 is 0 Å². The van der Waals surface area contributed by atoms with E-state index in [4.69, 9.17) is 21.7 Å². The number of anilines is 1. The van der Waals surface area contributed by atoms with Crippen LogP contribution in [0.2, 0.25) is 0 Å². The zero-order valence-electron chi connectivity index (χ0n) is 20.0. The molecule has 33 heavy (non-hydrogen) atoms. The van der Waals surface area contributed by atoms with Crippen LogP contribution in [0.4, 0.5) is 5.69 Å². The minimum atomic E-state index is 0.499. The maximum absolute atomic E-state index is 6.02. The molecule has 0 aromatic heterocycles. The van der Waals surface area contributed by atoms with Crippen LogP contribution < -0.4 is 14.8 Å². The second-order valence-corrected chi connectivity index (χ2v) is 9.61. The standard InChI is InChI=1S/C27H37N3O2S/c1-29(27(33)28-23-8-4-3-5-9-23)24-14-17-30(18-15-24)16-6-7-19-32-25-13-12-22(21-10-11-21)20-26(25)31-2/h3-5,8-9,12-13,20-21,24H,6-7,10-11,14-19H2,1-2H3,(H,28,33). The summed E-state index contributed by atoms with van der Waals surface area (Å²) in [6.45, 7) is 4.11. The molecule has 6 heteroatoms. The summed E-state index contributed by atoms with van der Waals surface area (Å²) in [5.41, 5.74) is 2.43. The average Bonchev–Trinajstić information content (AvgIpc) is 3.70. The number of methoxy groups -OCH3 is 1. The van der Waals surface area contributed by atoms with E-state index in [2.05, 4.69) is 40.4 Å². The van der Waals surface area contributed by atoms with Crippen LogP contribution in [0.15, 0.2) is 48.5 Å². The number of hydrogen-bond donors (Lipinski definition) is 1. The number of benzene rings is 2. The molecule has 0 radical (unpaired) electrons. The van der Waals surface area contributed by atoms with Gasteiger partial charge in [-0.2, -0.15) is 0 Å². The molecule has 0 bridgehead atoms. The van der Waals surface area contributed by atoms with Crippen molar-refractivity contribution in [2.75, 3.05) is 45.7 Å². The minimum absolute atomic E-state index is 0.499. The van der Waals surface area contributed by atoms with Crippen molar-refractivity contribution in [3.63, 3.8) is 0 Å². The molecule has 0 unspecified atom stereocenters. The number of hydrogen-bond acceptors (Lipinski definition) is 4. The smallest absolute Gasteiger partial charge is 0.173 e. The second kappa shape index (κ2) is 11.7. The summed E-state index contributed by atoms with van der Waals surface area (Å²) in [6.07, 6.45) is 7.10. The third-order valence-corrected chi connectivity index (χ3v) is 7.20. The lowest BCUT2D eigenvalue weighted by Crippen LogP contribution is -2.47. The molecule has 0 spiro atoms. The Morgan fingerprint density at radius 1 is 1.03 bits per heavy atom. The molecule has 1 aliphatic carbocycles. The van der Waals surface area contributed by atoms with Crippen LogP contribution in [0.25, 0.3) is 0 Å². The third-order valence-electron chi connectivity index (χ3n) is 6.81. The van der Waals surface area contributed by atoms with Crippen molar-refractivity contribution in [3.8, 4) is 11.5 Å². The van der Waals surface area contributed by atoms with Gasteiger partial charge in [-0.05, 0) is 93.0 Å². The number of ether oxygens (including phenoxy) is 2. The van der Waals surface area contributed by atoms with Crippen LogP contribution >= 0.6 is 12.2 Å². The van der Waals surface area contributed by atoms with Crippen molar-refractivity contribution in [2.45, 2.75) is 50.5 Å². The molecule has 0 atom stereocenters. The normalized spacial score (nSPS) is 16.9. The highest BCUT2D eigenvalue weighted by atomic mass is 32.1. The van der Waals surface area contributed by atoms with Gasteiger partial charge in [0.1, 0.15) is 0 Å². The molecule has 5 nitrogen and oxygen atoms in total. The first-order chi connectivity index (χ1) is 16.1. The zero-order chi connectivity index (χ0) is 23.0. The summed E-state index contributed by atoms with van der Waals surface area (Å²) in [4.78, 5) is 4.80. The Labute approximate surface area is 204 Å². The van der Waals surface area contributed by atoms with Crippen LogP contribution in [0.5, 0.6) is 11.5 Å². The molecule has 178 valence electrons. The summed E-state index contributed by atoms with van der Waals surface area (Å²) >= 11 is 5.63. The van der Waals surface area contributed by atoms with E-state index in [9.17, 15) is 0 Å². The molecule has 2 fully saturated rings. The van der Waals surface area contributed by atoms with Crippen molar-refractivity contribution in [1.82, 2.24) is 9.80 Å². The largest absolute Gasteiger partial charge is 0.493 e. The maximum Gasteiger partial charge on any atom is 0.173 e. The molecule has 1 saturated carbocycles. The summed E-state index contributed by atoms with van der Waals surface area (Å²) in [5.74, 6) is 2.46. The summed E-state index contributed by atoms with van der Waals surface area (Å²) in [6, 6.07) is 17.1. The summed E-state index contributed by atoms with van der Waals surface area (Å²) in [5, 5.41) is 4.16. The summed E-state index contributed by atoms with van der Waals surface area (Å²) < 4.78 is 11.6. The number of nitrogens with zero attached hydrogens (tertiary/aromatic N) is 2. The molecule has 1 N–H and O–H groups in total. The van der Waals surface area contributed by atoms with E-state index in [0.29, 0.717) is 6.04 Å². The Balaban J connectivity index is 1.11. The number of para-hydroxylation sites is 1. The molecule has 1 saturated heterocycles. The Bertz CT molecular complexity index is 895. The van der Waals surface area contributed by atoms with Gasteiger partial charge < -0.3 is 24.6 Å². The van der Waals surface area contributed by atoms with Gasteiger partial charge in [0.2, 0.25) is 0 Å². The lowest BCUT2D eigenvalue weighted by Gasteiger charge is -2.38. The van der Waals surface area contributed by atoms with E-state index in [1.54, 1.807) is 7.11 Å². The number of thiocarbonyl (C=S) groups is 1. The third kappa shape index (κ3) is 6.84. The fourth-order valence-electron chi connectivity index (χ4n) is 4.52. The zero-order valence-corrected chi connectivity index (χ0v) is 20.8. The number of unbranched alkanes of at least 4 members (excludes halogenated alkanes) is 1. The molecule has 2 aromatic carbocycles. The average molecular weight is 468 g/mol. The Morgan fingerprint density at radius 3 is 2.48 bits per heavy atom. The molecular weight excluding hydrogens is 430 g/mol. The first-order valence-electron chi connectivity index (χ1n) is 12.3. The minimum Gasteiger partial charge on any atom is -0.493 e. The monoisotopic (exact) mass is 467 g/mol. The Morgan fingerprint density at radius 2 is 1.79 bits per heavy atom. The molecule has 2 aliphatic rings. The Hall–Kier alpha value is -2.31. The topological polar surface area (TPSA) is 37.0 Å². The first kappa shape index (κ1) is 23.8. The molecular formula is C27H37N3O2S. The molecule has 4 rings (SSSR count). The number of likely N-dealkylation sites (tertiary alicyclic amines) is 1. The van der Waals surface area contributed by atoms with Gasteiger partial charge in [-0.15, -0.1) is 0 Å². The van der Waals surface area contributed by atoms with E-state index in [-0.39, 0.29) is 0 Å². The van der Waals surface area contributed by atoms with E-state index >= 15 is 0 Å². The molecule has 2 aromatic rings. The van der Waals surface area contributed by atoms with Crippen molar-refractivity contribution in [2.24, 2.45) is 0 Å². The fourth-order valence-corrected chi connectivity index (χ4v) is 4.79. The van der Waals surface area contributed by atoms with Gasteiger partial charge in [0.25, 0.3) is 0 Å². The maximum atomic E-state index is 6.02. The highest BCUT2D eigenvalue weighted by Crippen LogP contribution is 2.42. The molecule has 0 amide bonds. The first-order valence-corrected chi connectivity index (χ1v) is 12.7. The number of nitrogens with one attached hydrogen (secondary N) is 1. The molecule has 1 aliphatic heterocycles. The van der Waals surface area contributed by atoms with E-state index < -0.39 is 0 Å². The molecule has 1 heterocycles. The predicted molar refractivity (Wildman–Crippen MR) is 140 cm³/mol. The van der Waals surface area contributed by atoms with Crippen molar-refractivity contribution >= 4 is 23.0 Å². The quantitative estimate of drug-likeness (QED) is 0.366.